The lowest BCUT2D eigenvalue weighted by atomic mass is 9.85. The predicted molar refractivity (Wildman–Crippen MR) is 83.6 cm³/mol. The third kappa shape index (κ3) is 4.09. The minimum absolute atomic E-state index is 0.00386. The van der Waals surface area contributed by atoms with E-state index in [4.69, 9.17) is 21.6 Å². The molecule has 1 unspecified atom stereocenters. The van der Waals surface area contributed by atoms with Crippen LogP contribution in [0.15, 0.2) is 12.3 Å². The molecule has 1 amide bonds. The van der Waals surface area contributed by atoms with Crippen LogP contribution in [0.25, 0.3) is 0 Å². The van der Waals surface area contributed by atoms with Crippen molar-refractivity contribution in [1.29, 1.82) is 5.26 Å². The zero-order chi connectivity index (χ0) is 15.9. The maximum Gasteiger partial charge on any atom is 0.224 e. The number of carbonyl (C=O) groups is 1. The molecule has 118 valence electrons. The number of ether oxygens (including phenoxy) is 1. The number of hydrogen-bond acceptors (Lipinski definition) is 5. The average Bonchev–Trinajstić information content (AvgIpc) is 2.56. The van der Waals surface area contributed by atoms with E-state index in [0.29, 0.717) is 36.2 Å². The van der Waals surface area contributed by atoms with Crippen LogP contribution in [0.2, 0.25) is 5.02 Å². The maximum absolute atomic E-state index is 12.1. The maximum atomic E-state index is 12.1. The molecular weight excluding hydrogens is 304 g/mol. The Bertz CT molecular complexity index is 567. The highest BCUT2D eigenvalue weighted by Crippen LogP contribution is 2.26. The molecule has 1 aliphatic rings. The molecule has 2 N–H and O–H groups in total. The molecule has 7 heteroatoms. The molecule has 0 saturated carbocycles. The van der Waals surface area contributed by atoms with Gasteiger partial charge in [-0.2, -0.15) is 5.26 Å². The highest BCUT2D eigenvalue weighted by atomic mass is 35.5. The van der Waals surface area contributed by atoms with Crippen LogP contribution in [0.4, 0.5) is 5.82 Å². The second-order valence-electron chi connectivity index (χ2n) is 5.22. The van der Waals surface area contributed by atoms with Gasteiger partial charge in [0.05, 0.1) is 16.5 Å². The van der Waals surface area contributed by atoms with Crippen molar-refractivity contribution in [3.8, 4) is 6.07 Å². The summed E-state index contributed by atoms with van der Waals surface area (Å²) < 4.78 is 5.35. The topological polar surface area (TPSA) is 87.0 Å². The molecular formula is C15H19ClN4O2. The molecule has 2 heterocycles. The second-order valence-corrected chi connectivity index (χ2v) is 5.62. The van der Waals surface area contributed by atoms with Gasteiger partial charge in [-0.3, -0.25) is 4.79 Å². The molecule has 6 nitrogen and oxygen atoms in total. The fourth-order valence-corrected chi connectivity index (χ4v) is 2.85. The van der Waals surface area contributed by atoms with Crippen LogP contribution in [-0.4, -0.2) is 37.7 Å². The van der Waals surface area contributed by atoms with Gasteiger partial charge in [0.1, 0.15) is 11.9 Å². The molecule has 1 atom stereocenters. The van der Waals surface area contributed by atoms with E-state index < -0.39 is 0 Å². The Hall–Kier alpha value is -1.84. The highest BCUT2D eigenvalue weighted by Gasteiger charge is 2.29. The number of nitrogens with one attached hydrogen (secondary N) is 2. The summed E-state index contributed by atoms with van der Waals surface area (Å²) in [5.41, 5.74) is 0.405. The monoisotopic (exact) mass is 322 g/mol. The van der Waals surface area contributed by atoms with E-state index in [0.717, 1.165) is 12.8 Å². The van der Waals surface area contributed by atoms with E-state index in [1.54, 1.807) is 13.1 Å². The third-order valence-corrected chi connectivity index (χ3v) is 4.17. The fraction of sp³-hybridized carbons (Fsp3) is 0.533. The summed E-state index contributed by atoms with van der Waals surface area (Å²) in [6.07, 6.45) is 3.19. The van der Waals surface area contributed by atoms with Crippen molar-refractivity contribution in [2.24, 2.45) is 11.8 Å². The van der Waals surface area contributed by atoms with Crippen molar-refractivity contribution in [3.05, 3.63) is 22.8 Å². The molecule has 1 fully saturated rings. The summed E-state index contributed by atoms with van der Waals surface area (Å²) in [6.45, 7) is 1.82. The number of nitrogens with zero attached hydrogens (tertiary/aromatic N) is 2. The van der Waals surface area contributed by atoms with Gasteiger partial charge in [0.15, 0.2) is 0 Å². The van der Waals surface area contributed by atoms with Gasteiger partial charge in [0.25, 0.3) is 0 Å². The predicted octanol–water partition coefficient (Wildman–Crippen LogP) is 1.81. The molecule has 0 bridgehead atoms. The summed E-state index contributed by atoms with van der Waals surface area (Å²) in [5, 5.41) is 15.0. The number of aromatic nitrogens is 1. The van der Waals surface area contributed by atoms with Gasteiger partial charge in [0, 0.05) is 33.0 Å². The van der Waals surface area contributed by atoms with E-state index >= 15 is 0 Å². The van der Waals surface area contributed by atoms with Crippen LogP contribution in [0.5, 0.6) is 0 Å². The Morgan fingerprint density at radius 3 is 2.91 bits per heavy atom. The highest BCUT2D eigenvalue weighted by molar-refractivity contribution is 6.33. The number of nitriles is 1. The quantitative estimate of drug-likeness (QED) is 0.863. The van der Waals surface area contributed by atoms with Crippen LogP contribution >= 0.6 is 11.6 Å². The van der Waals surface area contributed by atoms with Gasteiger partial charge in [-0.25, -0.2) is 4.98 Å². The summed E-state index contributed by atoms with van der Waals surface area (Å²) >= 11 is 6.09. The van der Waals surface area contributed by atoms with Crippen LogP contribution in [0.1, 0.15) is 18.4 Å². The molecule has 0 spiro atoms. The molecule has 1 aromatic heterocycles. The van der Waals surface area contributed by atoms with Gasteiger partial charge in [-0.15, -0.1) is 0 Å². The first-order chi connectivity index (χ1) is 10.7. The normalized spacial score (nSPS) is 16.6. The molecule has 2 rings (SSSR count). The van der Waals surface area contributed by atoms with Crippen molar-refractivity contribution < 1.29 is 9.53 Å². The number of anilines is 1. The van der Waals surface area contributed by atoms with Crippen LogP contribution < -0.4 is 10.6 Å². The van der Waals surface area contributed by atoms with Crippen LogP contribution in [0.3, 0.4) is 0 Å². The minimum atomic E-state index is -0.164. The minimum Gasteiger partial charge on any atom is -0.381 e. The third-order valence-electron chi connectivity index (χ3n) is 3.88. The SMILES string of the molecule is CNC(=O)C(CNc1ncc(C#N)cc1Cl)C1CCOCC1. The summed E-state index contributed by atoms with van der Waals surface area (Å²) in [5.74, 6) is 0.603. The van der Waals surface area contributed by atoms with Gasteiger partial charge < -0.3 is 15.4 Å². The Labute approximate surface area is 134 Å². The van der Waals surface area contributed by atoms with E-state index in [9.17, 15) is 4.79 Å². The Balaban J connectivity index is 2.04. The molecule has 22 heavy (non-hydrogen) atoms. The van der Waals surface area contributed by atoms with Crippen LogP contribution in [-0.2, 0) is 9.53 Å². The molecule has 0 aromatic carbocycles. The van der Waals surface area contributed by atoms with Crippen molar-refractivity contribution in [2.45, 2.75) is 12.8 Å². The standard InChI is InChI=1S/C15H19ClN4O2/c1-18-15(21)12(11-2-4-22-5-3-11)9-20-14-13(16)6-10(7-17)8-19-14/h6,8,11-12H,2-5,9H2,1H3,(H,18,21)(H,19,20). The van der Waals surface area contributed by atoms with Gasteiger partial charge in [-0.05, 0) is 24.8 Å². The average molecular weight is 323 g/mol. The van der Waals surface area contributed by atoms with Crippen molar-refractivity contribution in [3.63, 3.8) is 0 Å². The Kier molecular flexibility index (Phi) is 5.99. The zero-order valence-corrected chi connectivity index (χ0v) is 13.2. The molecule has 1 aliphatic heterocycles. The first-order valence-electron chi connectivity index (χ1n) is 7.24. The van der Waals surface area contributed by atoms with Crippen molar-refractivity contribution >= 4 is 23.3 Å². The molecule has 1 aromatic rings. The van der Waals surface area contributed by atoms with Crippen molar-refractivity contribution in [1.82, 2.24) is 10.3 Å². The van der Waals surface area contributed by atoms with Gasteiger partial charge in [0.2, 0.25) is 5.91 Å². The number of carbonyl (C=O) groups excluding carboxylic acids is 1. The largest absolute Gasteiger partial charge is 0.381 e. The summed E-state index contributed by atoms with van der Waals surface area (Å²) in [7, 11) is 1.64. The van der Waals surface area contributed by atoms with E-state index in [-0.39, 0.29) is 17.7 Å². The Morgan fingerprint density at radius 2 is 2.32 bits per heavy atom. The number of rotatable bonds is 5. The summed E-state index contributed by atoms with van der Waals surface area (Å²) in [4.78, 5) is 16.3. The lowest BCUT2D eigenvalue weighted by Gasteiger charge is -2.29. The lowest BCUT2D eigenvalue weighted by molar-refractivity contribution is -0.126. The molecule has 0 aliphatic carbocycles. The van der Waals surface area contributed by atoms with E-state index in [1.165, 1.54) is 6.20 Å². The van der Waals surface area contributed by atoms with Gasteiger partial charge >= 0.3 is 0 Å². The lowest BCUT2D eigenvalue weighted by Crippen LogP contribution is -2.39. The Morgan fingerprint density at radius 1 is 1.59 bits per heavy atom. The van der Waals surface area contributed by atoms with E-state index in [2.05, 4.69) is 15.6 Å². The van der Waals surface area contributed by atoms with E-state index in [1.807, 2.05) is 6.07 Å². The molecule has 1 saturated heterocycles. The van der Waals surface area contributed by atoms with Crippen LogP contribution in [0, 0.1) is 23.2 Å². The van der Waals surface area contributed by atoms with Crippen molar-refractivity contribution in [2.75, 3.05) is 32.1 Å². The zero-order valence-electron chi connectivity index (χ0n) is 12.4. The first-order valence-corrected chi connectivity index (χ1v) is 7.62. The second kappa shape index (κ2) is 7.97. The number of amides is 1. The number of halogens is 1. The number of hydrogen-bond donors (Lipinski definition) is 2. The summed E-state index contributed by atoms with van der Waals surface area (Å²) in [6, 6.07) is 3.54. The van der Waals surface area contributed by atoms with Gasteiger partial charge in [-0.1, -0.05) is 11.6 Å². The number of pyridine rings is 1. The fourth-order valence-electron chi connectivity index (χ4n) is 2.61. The first kappa shape index (κ1) is 16.5. The molecule has 0 radical (unpaired) electrons. The smallest absolute Gasteiger partial charge is 0.224 e.